The highest BCUT2D eigenvalue weighted by Gasteiger charge is 2.26. The van der Waals surface area contributed by atoms with Crippen LogP contribution in [0.5, 0.6) is 0 Å². The van der Waals surface area contributed by atoms with Gasteiger partial charge in [-0.3, -0.25) is 0 Å². The molecule has 2 atom stereocenters. The number of rotatable bonds is 1. The Hall–Kier alpha value is -1.84. The summed E-state index contributed by atoms with van der Waals surface area (Å²) >= 11 is 0. The Morgan fingerprint density at radius 3 is 2.80 bits per heavy atom. The predicted molar refractivity (Wildman–Crippen MR) is 79.0 cm³/mol. The van der Waals surface area contributed by atoms with Gasteiger partial charge >= 0.3 is 0 Å². The molecule has 3 nitrogen and oxygen atoms in total. The molecule has 4 heteroatoms. The van der Waals surface area contributed by atoms with Crippen molar-refractivity contribution in [2.75, 3.05) is 5.73 Å². The molecule has 0 saturated carbocycles. The molecular formula is C16H20FN3. The quantitative estimate of drug-likeness (QED) is 0.860. The number of aromatic nitrogens is 2. The van der Waals surface area contributed by atoms with Crippen LogP contribution in [0.2, 0.25) is 0 Å². The zero-order valence-corrected chi connectivity index (χ0v) is 12.2. The van der Waals surface area contributed by atoms with Gasteiger partial charge in [0.15, 0.2) is 0 Å². The van der Waals surface area contributed by atoms with Crippen molar-refractivity contribution in [3.8, 4) is 11.3 Å². The molecule has 0 saturated heterocycles. The van der Waals surface area contributed by atoms with Crippen LogP contribution in [0.25, 0.3) is 11.3 Å². The average molecular weight is 273 g/mol. The molecule has 2 unspecified atom stereocenters. The van der Waals surface area contributed by atoms with E-state index in [4.69, 9.17) is 10.7 Å². The Kier molecular flexibility index (Phi) is 3.04. The molecule has 0 radical (unpaired) electrons. The van der Waals surface area contributed by atoms with E-state index in [0.29, 0.717) is 23.3 Å². The van der Waals surface area contributed by atoms with E-state index in [2.05, 4.69) is 18.4 Å². The summed E-state index contributed by atoms with van der Waals surface area (Å²) in [6, 6.07) is 5.42. The largest absolute Gasteiger partial charge is 0.383 e. The molecule has 2 aromatic rings. The maximum Gasteiger partial charge on any atom is 0.131 e. The number of nitrogens with two attached hydrogens (primary N) is 1. The Bertz CT molecular complexity index is 660. The molecule has 0 spiro atoms. The second-order valence-electron chi connectivity index (χ2n) is 5.99. The van der Waals surface area contributed by atoms with Gasteiger partial charge < -0.3 is 10.3 Å². The van der Waals surface area contributed by atoms with E-state index in [1.807, 2.05) is 6.07 Å². The van der Waals surface area contributed by atoms with Crippen LogP contribution in [-0.2, 0) is 6.42 Å². The SMILES string of the molecule is Cc1cc(-c2nc3n(c2N)C(C)CC(C)C3)ccc1F. The van der Waals surface area contributed by atoms with Gasteiger partial charge in [0.25, 0.3) is 0 Å². The van der Waals surface area contributed by atoms with Gasteiger partial charge in [-0.25, -0.2) is 9.37 Å². The first kappa shape index (κ1) is 13.2. The minimum Gasteiger partial charge on any atom is -0.383 e. The maximum absolute atomic E-state index is 13.4. The van der Waals surface area contributed by atoms with Gasteiger partial charge in [0.05, 0.1) is 0 Å². The van der Waals surface area contributed by atoms with E-state index < -0.39 is 0 Å². The first-order chi connectivity index (χ1) is 9.47. The van der Waals surface area contributed by atoms with Crippen LogP contribution in [0.4, 0.5) is 10.2 Å². The third-order valence-electron chi connectivity index (χ3n) is 4.17. The number of hydrogen-bond donors (Lipinski definition) is 1. The second kappa shape index (κ2) is 4.62. The number of benzene rings is 1. The van der Waals surface area contributed by atoms with Gasteiger partial charge in [-0.15, -0.1) is 0 Å². The van der Waals surface area contributed by atoms with Crippen molar-refractivity contribution in [1.82, 2.24) is 9.55 Å². The molecule has 1 aromatic heterocycles. The molecule has 3 rings (SSSR count). The van der Waals surface area contributed by atoms with Crippen molar-refractivity contribution in [2.45, 2.75) is 39.7 Å². The number of imidazole rings is 1. The Balaban J connectivity index is 2.11. The summed E-state index contributed by atoms with van der Waals surface area (Å²) in [6.07, 6.45) is 2.07. The van der Waals surface area contributed by atoms with Crippen molar-refractivity contribution in [3.63, 3.8) is 0 Å². The summed E-state index contributed by atoms with van der Waals surface area (Å²) in [5.41, 5.74) is 8.58. The van der Waals surface area contributed by atoms with Crippen molar-refractivity contribution in [1.29, 1.82) is 0 Å². The number of halogens is 1. The summed E-state index contributed by atoms with van der Waals surface area (Å²) in [4.78, 5) is 4.71. The van der Waals surface area contributed by atoms with E-state index in [1.165, 1.54) is 6.07 Å². The minimum atomic E-state index is -0.196. The van der Waals surface area contributed by atoms with Gasteiger partial charge in [0.1, 0.15) is 23.2 Å². The fraction of sp³-hybridized carbons (Fsp3) is 0.438. The molecule has 2 heterocycles. The number of nitrogen functional groups attached to an aromatic ring is 1. The van der Waals surface area contributed by atoms with Crippen LogP contribution in [0.1, 0.15) is 37.7 Å². The summed E-state index contributed by atoms with van der Waals surface area (Å²) in [5.74, 6) is 2.18. The first-order valence-electron chi connectivity index (χ1n) is 7.10. The molecule has 1 aliphatic heterocycles. The molecular weight excluding hydrogens is 253 g/mol. The van der Waals surface area contributed by atoms with Crippen LogP contribution in [-0.4, -0.2) is 9.55 Å². The molecule has 1 aromatic carbocycles. The minimum absolute atomic E-state index is 0.196. The topological polar surface area (TPSA) is 43.8 Å². The lowest BCUT2D eigenvalue weighted by Crippen LogP contribution is -2.22. The summed E-state index contributed by atoms with van der Waals surface area (Å²) < 4.78 is 15.5. The summed E-state index contributed by atoms with van der Waals surface area (Å²) in [5, 5.41) is 0. The highest BCUT2D eigenvalue weighted by Crippen LogP contribution is 2.36. The Morgan fingerprint density at radius 2 is 2.10 bits per heavy atom. The lowest BCUT2D eigenvalue weighted by Gasteiger charge is -2.27. The standard InChI is InChI=1S/C16H20FN3/c1-9-6-11(3)20-14(7-9)19-15(16(20)18)12-4-5-13(17)10(2)8-12/h4-5,8-9,11H,6-7,18H2,1-3H3. The number of nitrogens with zero attached hydrogens (tertiary/aromatic N) is 2. The third-order valence-corrected chi connectivity index (χ3v) is 4.17. The van der Waals surface area contributed by atoms with Gasteiger partial charge in [-0.1, -0.05) is 6.92 Å². The molecule has 0 aliphatic carbocycles. The predicted octanol–water partition coefficient (Wildman–Crippen LogP) is 3.72. The van der Waals surface area contributed by atoms with Crippen molar-refractivity contribution >= 4 is 5.82 Å². The molecule has 0 fully saturated rings. The van der Waals surface area contributed by atoms with Crippen molar-refractivity contribution in [2.24, 2.45) is 5.92 Å². The Morgan fingerprint density at radius 1 is 1.35 bits per heavy atom. The highest BCUT2D eigenvalue weighted by molar-refractivity contribution is 5.71. The van der Waals surface area contributed by atoms with Crippen LogP contribution >= 0.6 is 0 Å². The summed E-state index contributed by atoms with van der Waals surface area (Å²) in [6.45, 7) is 6.18. The molecule has 1 aliphatic rings. The zero-order valence-electron chi connectivity index (χ0n) is 12.2. The number of anilines is 1. The van der Waals surface area contributed by atoms with Gasteiger partial charge in [0.2, 0.25) is 0 Å². The highest BCUT2D eigenvalue weighted by atomic mass is 19.1. The van der Waals surface area contributed by atoms with E-state index in [9.17, 15) is 4.39 Å². The van der Waals surface area contributed by atoms with Crippen LogP contribution in [0.15, 0.2) is 18.2 Å². The van der Waals surface area contributed by atoms with Crippen LogP contribution < -0.4 is 5.73 Å². The number of hydrogen-bond acceptors (Lipinski definition) is 2. The molecule has 2 N–H and O–H groups in total. The van der Waals surface area contributed by atoms with E-state index in [-0.39, 0.29) is 5.82 Å². The van der Waals surface area contributed by atoms with Gasteiger partial charge in [-0.05, 0) is 49.9 Å². The van der Waals surface area contributed by atoms with Gasteiger partial charge in [-0.2, -0.15) is 0 Å². The Labute approximate surface area is 118 Å². The third kappa shape index (κ3) is 1.99. The molecule has 0 bridgehead atoms. The molecule has 20 heavy (non-hydrogen) atoms. The smallest absolute Gasteiger partial charge is 0.131 e. The van der Waals surface area contributed by atoms with E-state index in [1.54, 1.807) is 13.0 Å². The van der Waals surface area contributed by atoms with Crippen molar-refractivity contribution < 1.29 is 4.39 Å². The summed E-state index contributed by atoms with van der Waals surface area (Å²) in [7, 11) is 0. The lowest BCUT2D eigenvalue weighted by atomic mass is 9.95. The fourth-order valence-corrected chi connectivity index (χ4v) is 3.22. The van der Waals surface area contributed by atoms with Gasteiger partial charge in [0, 0.05) is 18.0 Å². The average Bonchev–Trinajstić information content (AvgIpc) is 2.70. The monoisotopic (exact) mass is 273 g/mol. The fourth-order valence-electron chi connectivity index (χ4n) is 3.22. The van der Waals surface area contributed by atoms with Crippen LogP contribution in [0, 0.1) is 18.7 Å². The number of aryl methyl sites for hydroxylation is 1. The lowest BCUT2D eigenvalue weighted by molar-refractivity contribution is 0.346. The second-order valence-corrected chi connectivity index (χ2v) is 5.99. The van der Waals surface area contributed by atoms with E-state index in [0.717, 1.165) is 29.9 Å². The molecule has 0 amide bonds. The number of fused-ring (bicyclic) bond motifs is 1. The zero-order chi connectivity index (χ0) is 14.4. The van der Waals surface area contributed by atoms with E-state index >= 15 is 0 Å². The normalized spacial score (nSPS) is 21.8. The molecule has 106 valence electrons. The maximum atomic E-state index is 13.4. The van der Waals surface area contributed by atoms with Crippen molar-refractivity contribution in [3.05, 3.63) is 35.4 Å². The van der Waals surface area contributed by atoms with Crippen LogP contribution in [0.3, 0.4) is 0 Å². The first-order valence-corrected chi connectivity index (χ1v) is 7.10.